The van der Waals surface area contributed by atoms with E-state index in [4.69, 9.17) is 0 Å². The van der Waals surface area contributed by atoms with Crippen LogP contribution in [0.2, 0.25) is 0 Å². The highest BCUT2D eigenvalue weighted by molar-refractivity contribution is 7.13. The van der Waals surface area contributed by atoms with Crippen molar-refractivity contribution in [2.75, 3.05) is 18.4 Å². The third kappa shape index (κ3) is 5.13. The fourth-order valence-electron chi connectivity index (χ4n) is 3.28. The van der Waals surface area contributed by atoms with Crippen molar-refractivity contribution >= 4 is 28.3 Å². The van der Waals surface area contributed by atoms with Gasteiger partial charge < -0.3 is 10.2 Å². The molecule has 1 aliphatic carbocycles. The van der Waals surface area contributed by atoms with Gasteiger partial charge in [-0.05, 0) is 30.9 Å². The second-order valence-corrected chi connectivity index (χ2v) is 7.34. The molecule has 25 heavy (non-hydrogen) atoms. The topological polar surface area (TPSA) is 62.3 Å². The van der Waals surface area contributed by atoms with Crippen LogP contribution in [0.15, 0.2) is 41.9 Å². The number of amides is 2. The van der Waals surface area contributed by atoms with E-state index in [9.17, 15) is 9.59 Å². The van der Waals surface area contributed by atoms with E-state index >= 15 is 0 Å². The van der Waals surface area contributed by atoms with Gasteiger partial charge in [0.15, 0.2) is 5.13 Å². The first-order chi connectivity index (χ1) is 12.2. The van der Waals surface area contributed by atoms with Crippen LogP contribution in [-0.4, -0.2) is 34.8 Å². The molecule has 1 fully saturated rings. The summed E-state index contributed by atoms with van der Waals surface area (Å²) in [6, 6.07) is 9.19. The largest absolute Gasteiger partial charge is 0.329 e. The van der Waals surface area contributed by atoms with E-state index in [0.29, 0.717) is 23.2 Å². The van der Waals surface area contributed by atoms with Gasteiger partial charge in [-0.25, -0.2) is 4.98 Å². The lowest BCUT2D eigenvalue weighted by Gasteiger charge is -2.29. The minimum atomic E-state index is -0.199. The summed E-state index contributed by atoms with van der Waals surface area (Å²) in [4.78, 5) is 31.0. The SMILES string of the molecule is O=C(CN(CC1CCCCC1)C(=O)c1ccccc1)Nc1nccs1. The Kier molecular flexibility index (Phi) is 6.17. The van der Waals surface area contributed by atoms with Crippen LogP contribution in [0.4, 0.5) is 5.13 Å². The third-order valence-corrected chi connectivity index (χ3v) is 5.21. The predicted octanol–water partition coefficient (Wildman–Crippen LogP) is 3.80. The van der Waals surface area contributed by atoms with Crippen molar-refractivity contribution in [3.05, 3.63) is 47.5 Å². The number of hydrogen-bond donors (Lipinski definition) is 1. The molecule has 2 aromatic rings. The van der Waals surface area contributed by atoms with Gasteiger partial charge in [-0.15, -0.1) is 11.3 Å². The maximum Gasteiger partial charge on any atom is 0.254 e. The second kappa shape index (κ2) is 8.76. The lowest BCUT2D eigenvalue weighted by Crippen LogP contribution is -2.41. The molecule has 5 nitrogen and oxygen atoms in total. The predicted molar refractivity (Wildman–Crippen MR) is 99.7 cm³/mol. The van der Waals surface area contributed by atoms with Crippen LogP contribution < -0.4 is 5.32 Å². The molecule has 0 spiro atoms. The van der Waals surface area contributed by atoms with Crippen molar-refractivity contribution in [3.63, 3.8) is 0 Å². The van der Waals surface area contributed by atoms with Gasteiger partial charge in [0.25, 0.3) is 5.91 Å². The number of thiazole rings is 1. The van der Waals surface area contributed by atoms with E-state index in [1.165, 1.54) is 30.6 Å². The van der Waals surface area contributed by atoms with Gasteiger partial charge in [-0.1, -0.05) is 37.5 Å². The van der Waals surface area contributed by atoms with Gasteiger partial charge in [0.05, 0.1) is 0 Å². The minimum Gasteiger partial charge on any atom is -0.329 e. The molecule has 0 radical (unpaired) electrons. The number of rotatable bonds is 6. The molecule has 0 atom stereocenters. The van der Waals surface area contributed by atoms with E-state index in [1.54, 1.807) is 23.2 Å². The highest BCUT2D eigenvalue weighted by Crippen LogP contribution is 2.25. The summed E-state index contributed by atoms with van der Waals surface area (Å²) in [5.41, 5.74) is 0.625. The molecule has 6 heteroatoms. The molecule has 132 valence electrons. The Morgan fingerprint density at radius 2 is 1.92 bits per heavy atom. The number of carbonyl (C=O) groups excluding carboxylic acids is 2. The summed E-state index contributed by atoms with van der Waals surface area (Å²) in [6.07, 6.45) is 7.61. The highest BCUT2D eigenvalue weighted by Gasteiger charge is 2.24. The molecule has 1 aromatic heterocycles. The molecule has 1 aliphatic rings. The van der Waals surface area contributed by atoms with Crippen LogP contribution in [0.3, 0.4) is 0 Å². The number of carbonyl (C=O) groups is 2. The molecular weight excluding hydrogens is 334 g/mol. The number of nitrogens with one attached hydrogen (secondary N) is 1. The van der Waals surface area contributed by atoms with Gasteiger partial charge in [0.2, 0.25) is 5.91 Å². The average molecular weight is 357 g/mol. The molecule has 1 saturated carbocycles. The molecule has 1 heterocycles. The number of aromatic nitrogens is 1. The molecule has 2 amide bonds. The normalized spacial score (nSPS) is 14.9. The summed E-state index contributed by atoms with van der Waals surface area (Å²) in [7, 11) is 0. The van der Waals surface area contributed by atoms with Crippen molar-refractivity contribution in [3.8, 4) is 0 Å². The Balaban J connectivity index is 1.68. The molecular formula is C19H23N3O2S. The van der Waals surface area contributed by atoms with Crippen LogP contribution in [0.25, 0.3) is 0 Å². The highest BCUT2D eigenvalue weighted by atomic mass is 32.1. The summed E-state index contributed by atoms with van der Waals surface area (Å²) in [5, 5.41) is 5.15. The van der Waals surface area contributed by atoms with Crippen molar-refractivity contribution in [1.29, 1.82) is 0 Å². The first-order valence-corrected chi connectivity index (χ1v) is 9.64. The first-order valence-electron chi connectivity index (χ1n) is 8.76. The number of anilines is 1. The van der Waals surface area contributed by atoms with Crippen molar-refractivity contribution in [2.45, 2.75) is 32.1 Å². The van der Waals surface area contributed by atoms with Crippen molar-refractivity contribution in [1.82, 2.24) is 9.88 Å². The molecule has 0 bridgehead atoms. The van der Waals surface area contributed by atoms with Crippen molar-refractivity contribution < 1.29 is 9.59 Å². The maximum absolute atomic E-state index is 12.9. The van der Waals surface area contributed by atoms with E-state index < -0.39 is 0 Å². The minimum absolute atomic E-state index is 0.0593. The smallest absolute Gasteiger partial charge is 0.254 e. The monoisotopic (exact) mass is 357 g/mol. The van der Waals surface area contributed by atoms with E-state index in [0.717, 1.165) is 12.8 Å². The van der Waals surface area contributed by atoms with E-state index in [2.05, 4.69) is 10.3 Å². The zero-order valence-electron chi connectivity index (χ0n) is 14.2. The molecule has 1 N–H and O–H groups in total. The van der Waals surface area contributed by atoms with E-state index in [-0.39, 0.29) is 18.4 Å². The molecule has 0 unspecified atom stereocenters. The maximum atomic E-state index is 12.9. The Hall–Kier alpha value is -2.21. The van der Waals surface area contributed by atoms with E-state index in [1.807, 2.05) is 23.6 Å². The fraction of sp³-hybridized carbons (Fsp3) is 0.421. The molecule has 0 saturated heterocycles. The molecule has 3 rings (SSSR count). The second-order valence-electron chi connectivity index (χ2n) is 6.44. The standard InChI is InChI=1S/C19H23N3O2S/c23-17(21-19-20-11-12-25-19)14-22(13-15-7-3-1-4-8-15)18(24)16-9-5-2-6-10-16/h2,5-6,9-12,15H,1,3-4,7-8,13-14H2,(H,20,21,23). The summed E-state index contributed by atoms with van der Waals surface area (Å²) in [6.45, 7) is 0.697. The molecule has 0 aliphatic heterocycles. The summed E-state index contributed by atoms with van der Waals surface area (Å²) in [5.74, 6) is 0.199. The number of nitrogens with zero attached hydrogens (tertiary/aromatic N) is 2. The van der Waals surface area contributed by atoms with Gasteiger partial charge in [-0.2, -0.15) is 0 Å². The quantitative estimate of drug-likeness (QED) is 0.855. The first kappa shape index (κ1) is 17.6. The zero-order chi connectivity index (χ0) is 17.5. The van der Waals surface area contributed by atoms with Gasteiger partial charge >= 0.3 is 0 Å². The lowest BCUT2D eigenvalue weighted by atomic mass is 9.89. The zero-order valence-corrected chi connectivity index (χ0v) is 15.0. The lowest BCUT2D eigenvalue weighted by molar-refractivity contribution is -0.117. The van der Waals surface area contributed by atoms with Crippen molar-refractivity contribution in [2.24, 2.45) is 5.92 Å². The van der Waals surface area contributed by atoms with Gasteiger partial charge in [0, 0.05) is 23.7 Å². The number of hydrogen-bond acceptors (Lipinski definition) is 4. The Bertz CT molecular complexity index is 682. The Morgan fingerprint density at radius 1 is 1.16 bits per heavy atom. The van der Waals surface area contributed by atoms with Gasteiger partial charge in [-0.3, -0.25) is 9.59 Å². The van der Waals surface area contributed by atoms with Crippen LogP contribution in [0.5, 0.6) is 0 Å². The van der Waals surface area contributed by atoms with Crippen LogP contribution in [0, 0.1) is 5.92 Å². The summed E-state index contributed by atoms with van der Waals surface area (Å²) >= 11 is 1.37. The molecule has 1 aromatic carbocycles. The third-order valence-electron chi connectivity index (χ3n) is 4.52. The average Bonchev–Trinajstić information content (AvgIpc) is 3.15. The Morgan fingerprint density at radius 3 is 2.60 bits per heavy atom. The van der Waals surface area contributed by atoms with Crippen LogP contribution in [-0.2, 0) is 4.79 Å². The summed E-state index contributed by atoms with van der Waals surface area (Å²) < 4.78 is 0. The Labute approximate surface area is 152 Å². The van der Waals surface area contributed by atoms with Crippen LogP contribution in [0.1, 0.15) is 42.5 Å². The number of benzene rings is 1. The fourth-order valence-corrected chi connectivity index (χ4v) is 3.83. The van der Waals surface area contributed by atoms with Crippen LogP contribution >= 0.6 is 11.3 Å². The van der Waals surface area contributed by atoms with Gasteiger partial charge in [0.1, 0.15) is 6.54 Å².